The smallest absolute Gasteiger partial charge is 0.179 e. The minimum absolute atomic E-state index is 0.287. The molecule has 0 unspecified atom stereocenters. The molecule has 0 aromatic carbocycles. The van der Waals surface area contributed by atoms with E-state index in [0.29, 0.717) is 11.7 Å². The van der Waals surface area contributed by atoms with Crippen molar-refractivity contribution in [2.45, 2.75) is 43.0 Å². The minimum Gasteiger partial charge on any atom is -0.381 e. The van der Waals surface area contributed by atoms with E-state index in [9.17, 15) is 8.42 Å². The van der Waals surface area contributed by atoms with Gasteiger partial charge in [-0.15, -0.1) is 0 Å². The van der Waals surface area contributed by atoms with Gasteiger partial charge in [0.05, 0.1) is 11.9 Å². The summed E-state index contributed by atoms with van der Waals surface area (Å²) in [5, 5.41) is 4.29. The monoisotopic (exact) mass is 293 g/mol. The molecule has 2 aromatic rings. The molecule has 6 heteroatoms. The molecule has 2 heterocycles. The van der Waals surface area contributed by atoms with Crippen LogP contribution in [0.2, 0.25) is 0 Å². The number of pyridine rings is 1. The van der Waals surface area contributed by atoms with Gasteiger partial charge in [-0.05, 0) is 18.9 Å². The highest BCUT2D eigenvalue weighted by molar-refractivity contribution is 7.90. The second-order valence-electron chi connectivity index (χ2n) is 5.49. The first-order valence-electron chi connectivity index (χ1n) is 6.98. The zero-order valence-corrected chi connectivity index (χ0v) is 12.3. The van der Waals surface area contributed by atoms with Crippen LogP contribution in [-0.4, -0.2) is 30.7 Å². The van der Waals surface area contributed by atoms with Crippen molar-refractivity contribution in [3.63, 3.8) is 0 Å². The number of nitrogens with one attached hydrogen (secondary N) is 2. The van der Waals surface area contributed by atoms with Gasteiger partial charge in [-0.1, -0.05) is 19.3 Å². The molecule has 1 saturated carbocycles. The third kappa shape index (κ3) is 2.52. The van der Waals surface area contributed by atoms with Crippen LogP contribution in [0, 0.1) is 0 Å². The van der Waals surface area contributed by atoms with Crippen molar-refractivity contribution in [3.8, 4) is 0 Å². The highest BCUT2D eigenvalue weighted by atomic mass is 32.2. The molecular weight excluding hydrogens is 274 g/mol. The van der Waals surface area contributed by atoms with Crippen molar-refractivity contribution in [2.24, 2.45) is 0 Å². The Kier molecular flexibility index (Phi) is 3.41. The maximum absolute atomic E-state index is 12.0. The Morgan fingerprint density at radius 2 is 2.05 bits per heavy atom. The molecule has 0 bridgehead atoms. The van der Waals surface area contributed by atoms with Crippen molar-refractivity contribution in [2.75, 3.05) is 11.6 Å². The predicted molar refractivity (Wildman–Crippen MR) is 79.7 cm³/mol. The van der Waals surface area contributed by atoms with Gasteiger partial charge in [-0.25, -0.2) is 13.4 Å². The third-order valence-electron chi connectivity index (χ3n) is 3.90. The van der Waals surface area contributed by atoms with Crippen LogP contribution in [-0.2, 0) is 9.84 Å². The molecule has 1 aliphatic rings. The summed E-state index contributed by atoms with van der Waals surface area (Å²) >= 11 is 0. The lowest BCUT2D eigenvalue weighted by atomic mass is 9.95. The molecule has 3 rings (SSSR count). The van der Waals surface area contributed by atoms with Crippen LogP contribution in [0.25, 0.3) is 11.0 Å². The Morgan fingerprint density at radius 3 is 2.75 bits per heavy atom. The second kappa shape index (κ2) is 5.09. The minimum atomic E-state index is -3.29. The number of sulfone groups is 1. The summed E-state index contributed by atoms with van der Waals surface area (Å²) in [5.41, 5.74) is 1.42. The lowest BCUT2D eigenvalue weighted by Gasteiger charge is -2.25. The van der Waals surface area contributed by atoms with Crippen LogP contribution in [0.15, 0.2) is 23.4 Å². The van der Waals surface area contributed by atoms with Crippen LogP contribution >= 0.6 is 0 Å². The van der Waals surface area contributed by atoms with E-state index in [4.69, 9.17) is 0 Å². The molecule has 0 radical (unpaired) electrons. The SMILES string of the molecule is CS(=O)(=O)c1cnc2[nH]ccc2c1NC1CCCCC1. The Labute approximate surface area is 118 Å². The summed E-state index contributed by atoms with van der Waals surface area (Å²) in [4.78, 5) is 7.50. The zero-order valence-electron chi connectivity index (χ0n) is 11.5. The van der Waals surface area contributed by atoms with Crippen LogP contribution in [0.4, 0.5) is 5.69 Å². The molecular formula is C14H19N3O2S. The van der Waals surface area contributed by atoms with Gasteiger partial charge in [0.2, 0.25) is 0 Å². The second-order valence-corrected chi connectivity index (χ2v) is 7.47. The quantitative estimate of drug-likeness (QED) is 0.912. The Balaban J connectivity index is 2.07. The zero-order chi connectivity index (χ0) is 14.2. The average molecular weight is 293 g/mol. The van der Waals surface area contributed by atoms with Crippen LogP contribution in [0.5, 0.6) is 0 Å². The summed E-state index contributed by atoms with van der Waals surface area (Å²) in [5.74, 6) is 0. The normalized spacial score (nSPS) is 17.4. The fraction of sp³-hybridized carbons (Fsp3) is 0.500. The largest absolute Gasteiger partial charge is 0.381 e. The van der Waals surface area contributed by atoms with Gasteiger partial charge in [0.25, 0.3) is 0 Å². The first kappa shape index (κ1) is 13.4. The summed E-state index contributed by atoms with van der Waals surface area (Å²) in [7, 11) is -3.29. The molecule has 2 aromatic heterocycles. The number of anilines is 1. The van der Waals surface area contributed by atoms with E-state index in [2.05, 4.69) is 15.3 Å². The van der Waals surface area contributed by atoms with E-state index in [1.54, 1.807) is 6.20 Å². The van der Waals surface area contributed by atoms with Gasteiger partial charge in [0.15, 0.2) is 9.84 Å². The first-order chi connectivity index (χ1) is 9.55. The van der Waals surface area contributed by atoms with E-state index >= 15 is 0 Å². The number of rotatable bonds is 3. The first-order valence-corrected chi connectivity index (χ1v) is 8.87. The molecule has 0 amide bonds. The molecule has 0 spiro atoms. The van der Waals surface area contributed by atoms with Crippen molar-refractivity contribution < 1.29 is 8.42 Å². The van der Waals surface area contributed by atoms with E-state index in [1.165, 1.54) is 31.7 Å². The fourth-order valence-electron chi connectivity index (χ4n) is 2.87. The van der Waals surface area contributed by atoms with Crippen LogP contribution < -0.4 is 5.32 Å². The number of nitrogens with zero attached hydrogens (tertiary/aromatic N) is 1. The average Bonchev–Trinajstić information content (AvgIpc) is 2.87. The number of hydrogen-bond donors (Lipinski definition) is 2. The summed E-state index contributed by atoms with van der Waals surface area (Å²) in [6.07, 6.45) is 10.3. The van der Waals surface area contributed by atoms with Gasteiger partial charge in [0, 0.05) is 23.9 Å². The van der Waals surface area contributed by atoms with Crippen molar-refractivity contribution >= 4 is 26.6 Å². The third-order valence-corrected chi connectivity index (χ3v) is 5.01. The number of hydrogen-bond acceptors (Lipinski definition) is 4. The molecule has 0 saturated heterocycles. The van der Waals surface area contributed by atoms with Gasteiger partial charge >= 0.3 is 0 Å². The van der Waals surface area contributed by atoms with Gasteiger partial charge in [-0.3, -0.25) is 0 Å². The molecule has 0 aliphatic heterocycles. The van der Waals surface area contributed by atoms with Gasteiger partial charge < -0.3 is 10.3 Å². The Bertz CT molecular complexity index is 715. The molecule has 1 fully saturated rings. The Morgan fingerprint density at radius 1 is 1.30 bits per heavy atom. The predicted octanol–water partition coefficient (Wildman–Crippen LogP) is 2.71. The molecule has 2 N–H and O–H groups in total. The molecule has 1 aliphatic carbocycles. The lowest BCUT2D eigenvalue weighted by Crippen LogP contribution is -2.23. The number of aromatic nitrogens is 2. The molecule has 5 nitrogen and oxygen atoms in total. The molecule has 108 valence electrons. The maximum atomic E-state index is 12.0. The topological polar surface area (TPSA) is 74.8 Å². The highest BCUT2D eigenvalue weighted by Crippen LogP contribution is 2.31. The van der Waals surface area contributed by atoms with Crippen LogP contribution in [0.1, 0.15) is 32.1 Å². The van der Waals surface area contributed by atoms with Gasteiger partial charge in [0.1, 0.15) is 10.5 Å². The van der Waals surface area contributed by atoms with Crippen molar-refractivity contribution in [1.29, 1.82) is 0 Å². The Hall–Kier alpha value is -1.56. The summed E-state index contributed by atoms with van der Waals surface area (Å²) in [6.45, 7) is 0. The van der Waals surface area contributed by atoms with E-state index < -0.39 is 9.84 Å². The summed E-state index contributed by atoms with van der Waals surface area (Å²) < 4.78 is 23.9. The van der Waals surface area contributed by atoms with E-state index in [0.717, 1.165) is 23.9 Å². The van der Waals surface area contributed by atoms with E-state index in [1.807, 2.05) is 6.07 Å². The fourth-order valence-corrected chi connectivity index (χ4v) is 3.65. The number of aromatic amines is 1. The number of H-pyrrole nitrogens is 1. The van der Waals surface area contributed by atoms with Crippen molar-refractivity contribution in [1.82, 2.24) is 9.97 Å². The van der Waals surface area contributed by atoms with Crippen LogP contribution in [0.3, 0.4) is 0 Å². The standard InChI is InChI=1S/C14H19N3O2S/c1-20(18,19)12-9-16-14-11(7-8-15-14)13(12)17-10-5-3-2-4-6-10/h7-10H,2-6H2,1H3,(H2,15,16,17). The lowest BCUT2D eigenvalue weighted by molar-refractivity contribution is 0.462. The molecule has 0 atom stereocenters. The van der Waals surface area contributed by atoms with Crippen molar-refractivity contribution in [3.05, 3.63) is 18.5 Å². The maximum Gasteiger partial charge on any atom is 0.179 e. The van der Waals surface area contributed by atoms with E-state index in [-0.39, 0.29) is 4.90 Å². The highest BCUT2D eigenvalue weighted by Gasteiger charge is 2.21. The summed E-state index contributed by atoms with van der Waals surface area (Å²) in [6, 6.07) is 2.23. The van der Waals surface area contributed by atoms with Gasteiger partial charge in [-0.2, -0.15) is 0 Å². The number of fused-ring (bicyclic) bond motifs is 1. The molecule has 20 heavy (non-hydrogen) atoms.